The van der Waals surface area contributed by atoms with Crippen molar-refractivity contribution in [3.8, 4) is 0 Å². The second-order valence-electron chi connectivity index (χ2n) is 4.76. The van der Waals surface area contributed by atoms with Crippen molar-refractivity contribution < 1.29 is 4.74 Å². The number of hydrogen-bond acceptors (Lipinski definition) is 2. The third kappa shape index (κ3) is 2.05. The first-order valence-corrected chi connectivity index (χ1v) is 5.66. The molecule has 1 saturated carbocycles. The third-order valence-corrected chi connectivity index (χ3v) is 3.28. The summed E-state index contributed by atoms with van der Waals surface area (Å²) in [5.41, 5.74) is 0.0509. The monoisotopic (exact) mass is 183 g/mol. The van der Waals surface area contributed by atoms with E-state index in [0.717, 1.165) is 6.42 Å². The van der Waals surface area contributed by atoms with Gasteiger partial charge in [0.1, 0.15) is 5.72 Å². The Hall–Kier alpha value is -0.0800. The Morgan fingerprint density at radius 2 is 1.85 bits per heavy atom. The Kier molecular flexibility index (Phi) is 2.61. The van der Waals surface area contributed by atoms with Crippen molar-refractivity contribution in [3.63, 3.8) is 0 Å². The van der Waals surface area contributed by atoms with Crippen molar-refractivity contribution in [2.45, 2.75) is 70.2 Å². The SMILES string of the molecule is CC1CC(C)OC2(CCCCC2)N1. The summed E-state index contributed by atoms with van der Waals surface area (Å²) in [4.78, 5) is 0. The highest BCUT2D eigenvalue weighted by atomic mass is 16.5. The predicted octanol–water partition coefficient (Wildman–Crippen LogP) is 2.43. The first-order valence-electron chi connectivity index (χ1n) is 5.66. The van der Waals surface area contributed by atoms with Crippen LogP contribution in [0.5, 0.6) is 0 Å². The van der Waals surface area contributed by atoms with Crippen molar-refractivity contribution in [3.05, 3.63) is 0 Å². The van der Waals surface area contributed by atoms with Crippen LogP contribution >= 0.6 is 0 Å². The Morgan fingerprint density at radius 3 is 2.46 bits per heavy atom. The molecule has 1 heterocycles. The van der Waals surface area contributed by atoms with Crippen LogP contribution in [-0.2, 0) is 4.74 Å². The quantitative estimate of drug-likeness (QED) is 0.623. The molecular weight excluding hydrogens is 162 g/mol. The van der Waals surface area contributed by atoms with Crippen molar-refractivity contribution in [1.29, 1.82) is 0 Å². The summed E-state index contributed by atoms with van der Waals surface area (Å²) in [6.45, 7) is 4.48. The first-order chi connectivity index (χ1) is 6.20. The van der Waals surface area contributed by atoms with E-state index in [4.69, 9.17) is 4.74 Å². The molecule has 76 valence electrons. The fraction of sp³-hybridized carbons (Fsp3) is 1.00. The van der Waals surface area contributed by atoms with Gasteiger partial charge in [0.15, 0.2) is 0 Å². The maximum atomic E-state index is 6.07. The highest BCUT2D eigenvalue weighted by molar-refractivity contribution is 4.89. The van der Waals surface area contributed by atoms with Crippen LogP contribution in [0.15, 0.2) is 0 Å². The smallest absolute Gasteiger partial charge is 0.119 e. The van der Waals surface area contributed by atoms with Crippen LogP contribution < -0.4 is 5.32 Å². The molecule has 1 saturated heterocycles. The number of hydrogen-bond donors (Lipinski definition) is 1. The number of ether oxygens (including phenoxy) is 1. The predicted molar refractivity (Wildman–Crippen MR) is 53.6 cm³/mol. The van der Waals surface area contributed by atoms with Gasteiger partial charge in [-0.1, -0.05) is 6.42 Å². The van der Waals surface area contributed by atoms with Crippen LogP contribution in [0.2, 0.25) is 0 Å². The summed E-state index contributed by atoms with van der Waals surface area (Å²) >= 11 is 0. The molecule has 0 radical (unpaired) electrons. The van der Waals surface area contributed by atoms with Crippen LogP contribution in [0.25, 0.3) is 0 Å². The zero-order valence-corrected chi connectivity index (χ0v) is 8.81. The van der Waals surface area contributed by atoms with E-state index in [1.807, 2.05) is 0 Å². The summed E-state index contributed by atoms with van der Waals surface area (Å²) in [5, 5.41) is 3.64. The fourth-order valence-corrected chi connectivity index (χ4v) is 2.86. The summed E-state index contributed by atoms with van der Waals surface area (Å²) in [7, 11) is 0. The zero-order chi connectivity index (χ0) is 9.31. The van der Waals surface area contributed by atoms with Crippen LogP contribution in [0, 0.1) is 0 Å². The van der Waals surface area contributed by atoms with E-state index in [9.17, 15) is 0 Å². The highest BCUT2D eigenvalue weighted by Crippen LogP contribution is 2.34. The van der Waals surface area contributed by atoms with Gasteiger partial charge >= 0.3 is 0 Å². The molecule has 0 aromatic carbocycles. The third-order valence-electron chi connectivity index (χ3n) is 3.28. The number of nitrogens with one attached hydrogen (secondary N) is 1. The van der Waals surface area contributed by atoms with Crippen LogP contribution in [-0.4, -0.2) is 17.9 Å². The maximum absolute atomic E-state index is 6.07. The Morgan fingerprint density at radius 1 is 1.15 bits per heavy atom. The maximum Gasteiger partial charge on any atom is 0.119 e. The molecule has 2 nitrogen and oxygen atoms in total. The van der Waals surface area contributed by atoms with E-state index < -0.39 is 0 Å². The molecule has 13 heavy (non-hydrogen) atoms. The Labute approximate surface area is 81.0 Å². The molecule has 2 rings (SSSR count). The molecule has 2 heteroatoms. The van der Waals surface area contributed by atoms with Gasteiger partial charge in [0.05, 0.1) is 6.10 Å². The summed E-state index contributed by atoms with van der Waals surface area (Å²) in [5.74, 6) is 0. The molecule has 1 N–H and O–H groups in total. The van der Waals surface area contributed by atoms with Gasteiger partial charge in [0, 0.05) is 6.04 Å². The molecule has 0 amide bonds. The average Bonchev–Trinajstić information content (AvgIpc) is 2.02. The molecule has 0 bridgehead atoms. The van der Waals surface area contributed by atoms with Gasteiger partial charge in [0.25, 0.3) is 0 Å². The molecule has 1 aliphatic heterocycles. The van der Waals surface area contributed by atoms with E-state index in [2.05, 4.69) is 19.2 Å². The van der Waals surface area contributed by atoms with E-state index in [1.54, 1.807) is 0 Å². The average molecular weight is 183 g/mol. The minimum atomic E-state index is 0.0509. The van der Waals surface area contributed by atoms with Crippen LogP contribution in [0.4, 0.5) is 0 Å². The van der Waals surface area contributed by atoms with Crippen molar-refractivity contribution in [2.24, 2.45) is 0 Å². The zero-order valence-electron chi connectivity index (χ0n) is 8.81. The molecular formula is C11H21NO. The van der Waals surface area contributed by atoms with Gasteiger partial charge in [0.2, 0.25) is 0 Å². The lowest BCUT2D eigenvalue weighted by Crippen LogP contribution is -2.58. The van der Waals surface area contributed by atoms with E-state index >= 15 is 0 Å². The normalized spacial score (nSPS) is 39.2. The Bertz CT molecular complexity index is 163. The lowest BCUT2D eigenvalue weighted by Gasteiger charge is -2.46. The number of rotatable bonds is 0. The molecule has 1 spiro atoms. The highest BCUT2D eigenvalue weighted by Gasteiger charge is 2.38. The van der Waals surface area contributed by atoms with Crippen LogP contribution in [0.3, 0.4) is 0 Å². The molecule has 2 unspecified atom stereocenters. The lowest BCUT2D eigenvalue weighted by molar-refractivity contribution is -0.164. The van der Waals surface area contributed by atoms with Gasteiger partial charge in [-0.3, -0.25) is 5.32 Å². The van der Waals surface area contributed by atoms with E-state index in [0.29, 0.717) is 12.1 Å². The van der Waals surface area contributed by atoms with Crippen molar-refractivity contribution in [2.75, 3.05) is 0 Å². The second kappa shape index (κ2) is 3.58. The topological polar surface area (TPSA) is 21.3 Å². The molecule has 1 aliphatic carbocycles. The minimum Gasteiger partial charge on any atom is -0.358 e. The van der Waals surface area contributed by atoms with E-state index in [-0.39, 0.29) is 5.72 Å². The van der Waals surface area contributed by atoms with Crippen molar-refractivity contribution in [1.82, 2.24) is 5.32 Å². The lowest BCUT2D eigenvalue weighted by atomic mass is 9.89. The van der Waals surface area contributed by atoms with Gasteiger partial charge < -0.3 is 4.74 Å². The first kappa shape index (κ1) is 9.47. The Balaban J connectivity index is 2.02. The summed E-state index contributed by atoms with van der Waals surface area (Å²) in [6, 6.07) is 0.627. The standard InChI is InChI=1S/C11H21NO/c1-9-8-10(2)13-11(12-9)6-4-3-5-7-11/h9-10,12H,3-8H2,1-2H3. The van der Waals surface area contributed by atoms with E-state index in [1.165, 1.54) is 32.1 Å². The molecule has 2 atom stereocenters. The van der Waals surface area contributed by atoms with Gasteiger partial charge in [-0.2, -0.15) is 0 Å². The molecule has 0 aromatic heterocycles. The molecule has 0 aromatic rings. The van der Waals surface area contributed by atoms with Gasteiger partial charge in [-0.05, 0) is 46.0 Å². The fourth-order valence-electron chi connectivity index (χ4n) is 2.86. The largest absolute Gasteiger partial charge is 0.358 e. The van der Waals surface area contributed by atoms with Crippen molar-refractivity contribution >= 4 is 0 Å². The summed E-state index contributed by atoms with van der Waals surface area (Å²) in [6.07, 6.45) is 8.05. The van der Waals surface area contributed by atoms with Gasteiger partial charge in [-0.15, -0.1) is 0 Å². The summed E-state index contributed by atoms with van der Waals surface area (Å²) < 4.78 is 6.07. The minimum absolute atomic E-state index is 0.0509. The molecule has 2 fully saturated rings. The second-order valence-corrected chi connectivity index (χ2v) is 4.76. The van der Waals surface area contributed by atoms with Crippen LogP contribution in [0.1, 0.15) is 52.4 Å². The molecule has 2 aliphatic rings. The van der Waals surface area contributed by atoms with Gasteiger partial charge in [-0.25, -0.2) is 0 Å².